The zero-order valence-electron chi connectivity index (χ0n) is 7.99. The molecule has 1 atom stereocenters. The minimum atomic E-state index is -0.968. The molecule has 0 fully saturated rings. The summed E-state index contributed by atoms with van der Waals surface area (Å²) in [6.45, 7) is 1.53. The first-order chi connectivity index (χ1) is 7.11. The Hall–Kier alpha value is -1.91. The van der Waals surface area contributed by atoms with E-state index in [0.29, 0.717) is 11.1 Å². The highest BCUT2D eigenvalue weighted by molar-refractivity contribution is 5.87. The van der Waals surface area contributed by atoms with Gasteiger partial charge in [0.05, 0.1) is 11.6 Å². The van der Waals surface area contributed by atoms with Crippen molar-refractivity contribution in [3.05, 3.63) is 29.7 Å². The number of aliphatic carboxylic acids is 1. The quantitative estimate of drug-likeness (QED) is 0.791. The molecular weight excluding hydrogens is 199 g/mol. The Morgan fingerprint density at radius 2 is 2.33 bits per heavy atom. The molecule has 0 saturated heterocycles. The average molecular weight is 208 g/mol. The summed E-state index contributed by atoms with van der Waals surface area (Å²) in [6, 6.07) is 4.47. The number of carbonyl (C=O) groups is 1. The fraction of sp³-hybridized carbons (Fsp3) is 0.200. The van der Waals surface area contributed by atoms with Crippen LogP contribution >= 0.6 is 0 Å². The molecule has 2 rings (SSSR count). The van der Waals surface area contributed by atoms with Gasteiger partial charge in [-0.25, -0.2) is 4.39 Å². The summed E-state index contributed by atoms with van der Waals surface area (Å²) in [7, 11) is 0. The third-order valence-electron chi connectivity index (χ3n) is 2.37. The van der Waals surface area contributed by atoms with Crippen LogP contribution in [0.4, 0.5) is 4.39 Å². The molecule has 0 spiro atoms. The zero-order chi connectivity index (χ0) is 11.0. The minimum Gasteiger partial charge on any atom is -0.481 e. The molecule has 1 aromatic carbocycles. The van der Waals surface area contributed by atoms with Crippen molar-refractivity contribution in [3.8, 4) is 0 Å². The van der Waals surface area contributed by atoms with Crippen LogP contribution in [0.2, 0.25) is 0 Å². The van der Waals surface area contributed by atoms with Gasteiger partial charge in [0.1, 0.15) is 5.52 Å². The van der Waals surface area contributed by atoms with Gasteiger partial charge in [0.15, 0.2) is 5.82 Å². The van der Waals surface area contributed by atoms with Gasteiger partial charge in [0.2, 0.25) is 0 Å². The van der Waals surface area contributed by atoms with Crippen molar-refractivity contribution < 1.29 is 14.3 Å². The van der Waals surface area contributed by atoms with Gasteiger partial charge in [-0.3, -0.25) is 9.89 Å². The standard InChI is InChI=1S/C10H9FN2O2/c1-5(10(14)15)8-6-3-2-4-7(11)9(6)13-12-8/h2-5H,1H3,(H,12,13)(H,14,15). The number of aromatic amines is 1. The van der Waals surface area contributed by atoms with Crippen LogP contribution in [0.5, 0.6) is 0 Å². The Morgan fingerprint density at radius 1 is 1.60 bits per heavy atom. The van der Waals surface area contributed by atoms with E-state index in [-0.39, 0.29) is 5.52 Å². The molecular formula is C10H9FN2O2. The SMILES string of the molecule is CC(C(=O)O)c1[nH]nc2c(F)cccc12. The summed E-state index contributed by atoms with van der Waals surface area (Å²) in [5.41, 5.74) is 0.609. The second-order valence-electron chi connectivity index (χ2n) is 3.33. The van der Waals surface area contributed by atoms with E-state index < -0.39 is 17.7 Å². The highest BCUT2D eigenvalue weighted by Gasteiger charge is 2.19. The van der Waals surface area contributed by atoms with Crippen molar-refractivity contribution in [2.24, 2.45) is 0 Å². The molecule has 0 aliphatic heterocycles. The summed E-state index contributed by atoms with van der Waals surface area (Å²) in [6.07, 6.45) is 0. The first kappa shape index (κ1) is 9.64. The van der Waals surface area contributed by atoms with Gasteiger partial charge in [-0.05, 0) is 13.0 Å². The number of fused-ring (bicyclic) bond motifs is 1. The topological polar surface area (TPSA) is 66.0 Å². The predicted octanol–water partition coefficient (Wildman–Crippen LogP) is 1.89. The van der Waals surface area contributed by atoms with E-state index in [1.54, 1.807) is 6.07 Å². The highest BCUT2D eigenvalue weighted by atomic mass is 19.1. The third kappa shape index (κ3) is 1.45. The van der Waals surface area contributed by atoms with Gasteiger partial charge in [-0.1, -0.05) is 12.1 Å². The van der Waals surface area contributed by atoms with E-state index in [1.807, 2.05) is 0 Å². The monoisotopic (exact) mass is 208 g/mol. The predicted molar refractivity (Wildman–Crippen MR) is 52.1 cm³/mol. The first-order valence-corrected chi connectivity index (χ1v) is 4.46. The molecule has 2 aromatic rings. The van der Waals surface area contributed by atoms with Gasteiger partial charge in [-0.15, -0.1) is 0 Å². The molecule has 1 aromatic heterocycles. The number of para-hydroxylation sites is 1. The lowest BCUT2D eigenvalue weighted by Gasteiger charge is -2.02. The first-order valence-electron chi connectivity index (χ1n) is 4.46. The summed E-state index contributed by atoms with van der Waals surface area (Å²) < 4.78 is 13.2. The third-order valence-corrected chi connectivity index (χ3v) is 2.37. The number of carboxylic acids is 1. The maximum atomic E-state index is 13.2. The van der Waals surface area contributed by atoms with Crippen molar-refractivity contribution >= 4 is 16.9 Å². The number of hydrogen-bond donors (Lipinski definition) is 2. The molecule has 78 valence electrons. The van der Waals surface area contributed by atoms with Crippen molar-refractivity contribution in [3.63, 3.8) is 0 Å². The van der Waals surface area contributed by atoms with Gasteiger partial charge in [-0.2, -0.15) is 5.10 Å². The number of nitrogens with zero attached hydrogens (tertiary/aromatic N) is 1. The summed E-state index contributed by atoms with van der Waals surface area (Å²) in [4.78, 5) is 10.8. The van der Waals surface area contributed by atoms with E-state index in [0.717, 1.165) is 0 Å². The average Bonchev–Trinajstić information content (AvgIpc) is 2.61. The van der Waals surface area contributed by atoms with Crippen molar-refractivity contribution in [2.75, 3.05) is 0 Å². The molecule has 1 unspecified atom stereocenters. The molecule has 5 heteroatoms. The van der Waals surface area contributed by atoms with Gasteiger partial charge in [0.25, 0.3) is 0 Å². The number of carboxylic acid groups (broad SMARTS) is 1. The molecule has 0 saturated carbocycles. The van der Waals surface area contributed by atoms with E-state index in [1.165, 1.54) is 19.1 Å². The van der Waals surface area contributed by atoms with Gasteiger partial charge >= 0.3 is 5.97 Å². The molecule has 4 nitrogen and oxygen atoms in total. The van der Waals surface area contributed by atoms with Crippen LogP contribution < -0.4 is 0 Å². The van der Waals surface area contributed by atoms with E-state index in [9.17, 15) is 9.18 Å². The van der Waals surface area contributed by atoms with Crippen LogP contribution in [0.15, 0.2) is 18.2 Å². The molecule has 0 radical (unpaired) electrons. The van der Waals surface area contributed by atoms with Gasteiger partial charge < -0.3 is 5.11 Å². The van der Waals surface area contributed by atoms with Crippen LogP contribution in [0.1, 0.15) is 18.5 Å². The molecule has 1 heterocycles. The number of aromatic nitrogens is 2. The maximum absolute atomic E-state index is 13.2. The number of H-pyrrole nitrogens is 1. The normalized spacial score (nSPS) is 12.9. The molecule has 15 heavy (non-hydrogen) atoms. The number of halogens is 1. The maximum Gasteiger partial charge on any atom is 0.312 e. The Kier molecular flexibility index (Phi) is 2.15. The fourth-order valence-electron chi connectivity index (χ4n) is 1.48. The molecule has 0 amide bonds. The second-order valence-corrected chi connectivity index (χ2v) is 3.33. The lowest BCUT2D eigenvalue weighted by atomic mass is 10.0. The Balaban J connectivity index is 2.64. The van der Waals surface area contributed by atoms with Crippen LogP contribution in [0.25, 0.3) is 10.9 Å². The number of rotatable bonds is 2. The number of hydrogen-bond acceptors (Lipinski definition) is 2. The van der Waals surface area contributed by atoms with Crippen molar-refractivity contribution in [1.29, 1.82) is 0 Å². The molecule has 0 bridgehead atoms. The number of nitrogens with one attached hydrogen (secondary N) is 1. The lowest BCUT2D eigenvalue weighted by Crippen LogP contribution is -2.08. The molecule has 0 aliphatic rings. The molecule has 2 N–H and O–H groups in total. The molecule has 0 aliphatic carbocycles. The van der Waals surface area contributed by atoms with E-state index in [4.69, 9.17) is 5.11 Å². The highest BCUT2D eigenvalue weighted by Crippen LogP contribution is 2.24. The van der Waals surface area contributed by atoms with Crippen LogP contribution in [-0.4, -0.2) is 21.3 Å². The van der Waals surface area contributed by atoms with E-state index in [2.05, 4.69) is 10.2 Å². The minimum absolute atomic E-state index is 0.181. The zero-order valence-corrected chi connectivity index (χ0v) is 7.99. The number of benzene rings is 1. The Bertz CT molecular complexity index is 521. The summed E-state index contributed by atoms with van der Waals surface area (Å²) in [5, 5.41) is 15.7. The van der Waals surface area contributed by atoms with Crippen molar-refractivity contribution in [1.82, 2.24) is 10.2 Å². The van der Waals surface area contributed by atoms with E-state index >= 15 is 0 Å². The van der Waals surface area contributed by atoms with Crippen molar-refractivity contribution in [2.45, 2.75) is 12.8 Å². The van der Waals surface area contributed by atoms with Crippen LogP contribution in [0, 0.1) is 5.82 Å². The lowest BCUT2D eigenvalue weighted by molar-refractivity contribution is -0.138. The summed E-state index contributed by atoms with van der Waals surface area (Å²) >= 11 is 0. The Morgan fingerprint density at radius 3 is 3.00 bits per heavy atom. The largest absolute Gasteiger partial charge is 0.481 e. The Labute approximate surface area is 84.7 Å². The van der Waals surface area contributed by atoms with Crippen LogP contribution in [-0.2, 0) is 4.79 Å². The van der Waals surface area contributed by atoms with Crippen LogP contribution in [0.3, 0.4) is 0 Å². The fourth-order valence-corrected chi connectivity index (χ4v) is 1.48. The second kappa shape index (κ2) is 3.34. The smallest absolute Gasteiger partial charge is 0.312 e. The van der Waals surface area contributed by atoms with Gasteiger partial charge in [0, 0.05) is 5.39 Å². The summed E-state index contributed by atoms with van der Waals surface area (Å²) in [5.74, 6) is -2.14.